The Morgan fingerprint density at radius 3 is 3.00 bits per heavy atom. The van der Waals surface area contributed by atoms with E-state index < -0.39 is 0 Å². The number of phenols is 1. The molecule has 4 nitrogen and oxygen atoms in total. The molecule has 0 aliphatic heterocycles. The molecule has 16 heavy (non-hydrogen) atoms. The van der Waals surface area contributed by atoms with Gasteiger partial charge in [0.15, 0.2) is 6.61 Å². The monoisotopic (exact) mass is 221 g/mol. The lowest BCUT2D eigenvalue weighted by atomic mass is 10.3. The van der Waals surface area contributed by atoms with Crippen molar-refractivity contribution in [2.75, 3.05) is 13.2 Å². The summed E-state index contributed by atoms with van der Waals surface area (Å²) in [4.78, 5) is 11.3. The quantitative estimate of drug-likeness (QED) is 0.787. The van der Waals surface area contributed by atoms with Gasteiger partial charge in [-0.25, -0.2) is 0 Å². The highest BCUT2D eigenvalue weighted by molar-refractivity contribution is 5.77. The molecule has 1 amide bonds. The average Bonchev–Trinajstić information content (AvgIpc) is 3.07. The molecule has 1 saturated carbocycles. The molecule has 1 aliphatic carbocycles. The Balaban J connectivity index is 1.71. The summed E-state index contributed by atoms with van der Waals surface area (Å²) in [6.07, 6.45) is 2.43. The number of hydrogen-bond donors (Lipinski definition) is 2. The van der Waals surface area contributed by atoms with Gasteiger partial charge in [-0.3, -0.25) is 4.79 Å². The number of benzene rings is 1. The predicted octanol–water partition coefficient (Wildman–Crippen LogP) is 1.30. The minimum Gasteiger partial charge on any atom is -0.508 e. The molecule has 2 N–H and O–H groups in total. The molecule has 0 aromatic heterocycles. The first-order chi connectivity index (χ1) is 7.74. The van der Waals surface area contributed by atoms with Crippen molar-refractivity contribution in [3.05, 3.63) is 24.3 Å². The summed E-state index contributed by atoms with van der Waals surface area (Å²) in [6, 6.07) is 6.41. The number of hydrogen-bond acceptors (Lipinski definition) is 3. The maximum absolute atomic E-state index is 11.3. The highest BCUT2D eigenvalue weighted by Gasteiger charge is 2.21. The first-order valence-electron chi connectivity index (χ1n) is 5.42. The molecule has 0 spiro atoms. The van der Waals surface area contributed by atoms with E-state index in [1.54, 1.807) is 18.2 Å². The summed E-state index contributed by atoms with van der Waals surface area (Å²) in [5.74, 6) is 1.19. The second kappa shape index (κ2) is 4.88. The van der Waals surface area contributed by atoms with Gasteiger partial charge in [-0.05, 0) is 30.9 Å². The van der Waals surface area contributed by atoms with Gasteiger partial charge in [-0.15, -0.1) is 0 Å². The van der Waals surface area contributed by atoms with E-state index in [2.05, 4.69) is 5.32 Å². The van der Waals surface area contributed by atoms with Crippen molar-refractivity contribution < 1.29 is 14.6 Å². The summed E-state index contributed by atoms with van der Waals surface area (Å²) in [7, 11) is 0. The van der Waals surface area contributed by atoms with Crippen LogP contribution >= 0.6 is 0 Å². The van der Waals surface area contributed by atoms with Crippen LogP contribution in [-0.4, -0.2) is 24.2 Å². The largest absolute Gasteiger partial charge is 0.508 e. The molecule has 0 saturated heterocycles. The van der Waals surface area contributed by atoms with E-state index >= 15 is 0 Å². The number of amides is 1. The van der Waals surface area contributed by atoms with Crippen molar-refractivity contribution in [3.8, 4) is 11.5 Å². The van der Waals surface area contributed by atoms with Crippen LogP contribution in [0.3, 0.4) is 0 Å². The Morgan fingerprint density at radius 2 is 2.31 bits per heavy atom. The summed E-state index contributed by atoms with van der Waals surface area (Å²) < 4.78 is 5.23. The lowest BCUT2D eigenvalue weighted by Gasteiger charge is -2.06. The van der Waals surface area contributed by atoms with E-state index in [1.807, 2.05) is 0 Å². The van der Waals surface area contributed by atoms with Crippen LogP contribution in [0.5, 0.6) is 11.5 Å². The Labute approximate surface area is 94.2 Å². The third kappa shape index (κ3) is 3.46. The van der Waals surface area contributed by atoms with E-state index in [1.165, 1.54) is 18.9 Å². The Kier molecular flexibility index (Phi) is 3.29. The number of aromatic hydroxyl groups is 1. The number of rotatable bonds is 5. The van der Waals surface area contributed by atoms with Gasteiger partial charge >= 0.3 is 0 Å². The van der Waals surface area contributed by atoms with Gasteiger partial charge in [0.25, 0.3) is 5.91 Å². The molecule has 4 heteroatoms. The fourth-order valence-corrected chi connectivity index (χ4v) is 1.35. The van der Waals surface area contributed by atoms with Crippen molar-refractivity contribution in [3.63, 3.8) is 0 Å². The Hall–Kier alpha value is -1.71. The first-order valence-corrected chi connectivity index (χ1v) is 5.42. The first kappa shape index (κ1) is 10.8. The van der Waals surface area contributed by atoms with Crippen LogP contribution in [0.25, 0.3) is 0 Å². The number of nitrogens with one attached hydrogen (secondary N) is 1. The standard InChI is InChI=1S/C12H15NO3/c14-10-2-1-3-11(6-10)16-8-12(15)13-7-9-4-5-9/h1-3,6,9,14H,4-5,7-8H2,(H,13,15). The van der Waals surface area contributed by atoms with Gasteiger partial charge in [0.1, 0.15) is 11.5 Å². The molecule has 86 valence electrons. The molecule has 1 aromatic carbocycles. The fraction of sp³-hybridized carbons (Fsp3) is 0.417. The molecular weight excluding hydrogens is 206 g/mol. The van der Waals surface area contributed by atoms with E-state index in [0.29, 0.717) is 11.7 Å². The maximum Gasteiger partial charge on any atom is 0.257 e. The smallest absolute Gasteiger partial charge is 0.257 e. The minimum atomic E-state index is -0.116. The van der Waals surface area contributed by atoms with E-state index in [0.717, 1.165) is 6.54 Å². The Bertz CT molecular complexity index is 374. The lowest BCUT2D eigenvalue weighted by molar-refractivity contribution is -0.123. The van der Waals surface area contributed by atoms with Crippen molar-refractivity contribution in [1.82, 2.24) is 5.32 Å². The minimum absolute atomic E-state index is 0.00380. The highest BCUT2D eigenvalue weighted by Crippen LogP contribution is 2.27. The molecule has 0 atom stereocenters. The van der Waals surface area contributed by atoms with Gasteiger partial charge in [0.2, 0.25) is 0 Å². The van der Waals surface area contributed by atoms with Gasteiger partial charge in [-0.2, -0.15) is 0 Å². The summed E-state index contributed by atoms with van der Waals surface area (Å²) in [6.45, 7) is 0.748. The van der Waals surface area contributed by atoms with E-state index in [4.69, 9.17) is 4.74 Å². The summed E-state index contributed by atoms with van der Waals surface area (Å²) in [5.41, 5.74) is 0. The van der Waals surface area contributed by atoms with Crippen LogP contribution in [0.2, 0.25) is 0 Å². The van der Waals surface area contributed by atoms with Crippen molar-refractivity contribution in [2.45, 2.75) is 12.8 Å². The van der Waals surface area contributed by atoms with Crippen LogP contribution in [0.4, 0.5) is 0 Å². The fourth-order valence-electron chi connectivity index (χ4n) is 1.35. The third-order valence-electron chi connectivity index (χ3n) is 2.47. The molecule has 0 unspecified atom stereocenters. The van der Waals surface area contributed by atoms with Gasteiger partial charge in [0, 0.05) is 12.6 Å². The zero-order valence-corrected chi connectivity index (χ0v) is 8.98. The molecule has 1 fully saturated rings. The number of carbonyl (C=O) groups excluding carboxylic acids is 1. The molecule has 0 radical (unpaired) electrons. The number of phenolic OH excluding ortho intramolecular Hbond substituents is 1. The second-order valence-electron chi connectivity index (χ2n) is 4.03. The SMILES string of the molecule is O=C(COc1cccc(O)c1)NCC1CC1. The highest BCUT2D eigenvalue weighted by atomic mass is 16.5. The molecular formula is C12H15NO3. The van der Waals surface area contributed by atoms with Gasteiger partial charge in [-0.1, -0.05) is 6.07 Å². The van der Waals surface area contributed by atoms with E-state index in [-0.39, 0.29) is 18.3 Å². The normalized spacial score (nSPS) is 14.5. The van der Waals surface area contributed by atoms with Crippen molar-refractivity contribution in [2.24, 2.45) is 5.92 Å². The van der Waals surface area contributed by atoms with Crippen LogP contribution < -0.4 is 10.1 Å². The van der Waals surface area contributed by atoms with Crippen molar-refractivity contribution in [1.29, 1.82) is 0 Å². The maximum atomic E-state index is 11.3. The van der Waals surface area contributed by atoms with Crippen molar-refractivity contribution >= 4 is 5.91 Å². The zero-order valence-electron chi connectivity index (χ0n) is 8.98. The van der Waals surface area contributed by atoms with Gasteiger partial charge in [0.05, 0.1) is 0 Å². The summed E-state index contributed by atoms with van der Waals surface area (Å²) >= 11 is 0. The van der Waals surface area contributed by atoms with Crippen LogP contribution in [0, 0.1) is 5.92 Å². The van der Waals surface area contributed by atoms with Crippen LogP contribution in [-0.2, 0) is 4.79 Å². The zero-order chi connectivity index (χ0) is 11.4. The third-order valence-corrected chi connectivity index (χ3v) is 2.47. The van der Waals surface area contributed by atoms with Gasteiger partial charge < -0.3 is 15.2 Å². The van der Waals surface area contributed by atoms with E-state index in [9.17, 15) is 9.90 Å². The predicted molar refractivity (Wildman–Crippen MR) is 59.3 cm³/mol. The molecule has 2 rings (SSSR count). The molecule has 1 aliphatic rings. The lowest BCUT2D eigenvalue weighted by Crippen LogP contribution is -2.30. The van der Waals surface area contributed by atoms with Crippen LogP contribution in [0.15, 0.2) is 24.3 Å². The second-order valence-corrected chi connectivity index (χ2v) is 4.03. The molecule has 0 heterocycles. The van der Waals surface area contributed by atoms with Crippen LogP contribution in [0.1, 0.15) is 12.8 Å². The topological polar surface area (TPSA) is 58.6 Å². The average molecular weight is 221 g/mol. The molecule has 1 aromatic rings. The number of ether oxygens (including phenoxy) is 1. The molecule has 0 bridgehead atoms. The number of carbonyl (C=O) groups is 1. The Morgan fingerprint density at radius 1 is 1.50 bits per heavy atom. The summed E-state index contributed by atoms with van der Waals surface area (Å²) in [5, 5.41) is 12.0.